The standard InChI is InChI=1S/C6H13N3S/c1-9(2)5-4-8-6(7)10-3/h4,7H,5H2,1-3H3. The largest absolute Gasteiger partial charge is 0.304 e. The molecule has 0 aromatic carbocycles. The van der Waals surface area contributed by atoms with E-state index < -0.39 is 0 Å². The molecular formula is C6H13N3S. The molecule has 0 heterocycles. The Balaban J connectivity index is 3.46. The minimum Gasteiger partial charge on any atom is -0.304 e. The number of nitrogens with one attached hydrogen (secondary N) is 1. The molecule has 0 saturated carbocycles. The van der Waals surface area contributed by atoms with Crippen molar-refractivity contribution < 1.29 is 0 Å². The van der Waals surface area contributed by atoms with Crippen molar-refractivity contribution in [3.05, 3.63) is 0 Å². The molecule has 0 bridgehead atoms. The molecule has 10 heavy (non-hydrogen) atoms. The van der Waals surface area contributed by atoms with Crippen LogP contribution in [0.15, 0.2) is 4.99 Å². The fraction of sp³-hybridized carbons (Fsp3) is 0.667. The third-order valence-corrected chi connectivity index (χ3v) is 1.34. The molecule has 0 saturated heterocycles. The van der Waals surface area contributed by atoms with Crippen molar-refractivity contribution in [2.75, 3.05) is 26.9 Å². The summed E-state index contributed by atoms with van der Waals surface area (Å²) in [7, 11) is 3.93. The molecule has 0 atom stereocenters. The summed E-state index contributed by atoms with van der Waals surface area (Å²) in [6.07, 6.45) is 3.58. The van der Waals surface area contributed by atoms with Crippen molar-refractivity contribution in [1.82, 2.24) is 4.90 Å². The van der Waals surface area contributed by atoms with Crippen LogP contribution < -0.4 is 0 Å². The van der Waals surface area contributed by atoms with Crippen LogP contribution in [-0.2, 0) is 0 Å². The first-order valence-corrected chi connectivity index (χ1v) is 4.19. The summed E-state index contributed by atoms with van der Waals surface area (Å²) in [4.78, 5) is 5.86. The number of hydrogen-bond donors (Lipinski definition) is 1. The third kappa shape index (κ3) is 5.78. The predicted octanol–water partition coefficient (Wildman–Crippen LogP) is 0.917. The van der Waals surface area contributed by atoms with Gasteiger partial charge in [0.1, 0.15) is 0 Å². The van der Waals surface area contributed by atoms with Crippen molar-refractivity contribution in [2.45, 2.75) is 0 Å². The minimum atomic E-state index is 0.363. The third-order valence-electron chi connectivity index (χ3n) is 0.849. The van der Waals surface area contributed by atoms with E-state index in [1.807, 2.05) is 25.3 Å². The summed E-state index contributed by atoms with van der Waals surface area (Å²) < 4.78 is 0. The van der Waals surface area contributed by atoms with E-state index >= 15 is 0 Å². The Labute approximate surface area is 66.0 Å². The summed E-state index contributed by atoms with van der Waals surface area (Å²) in [5.41, 5.74) is 0. The van der Waals surface area contributed by atoms with E-state index in [9.17, 15) is 0 Å². The number of nitrogens with zero attached hydrogens (tertiary/aromatic N) is 2. The molecule has 0 unspecified atom stereocenters. The average molecular weight is 159 g/mol. The minimum absolute atomic E-state index is 0.363. The molecule has 3 nitrogen and oxygen atoms in total. The zero-order valence-electron chi connectivity index (χ0n) is 6.59. The zero-order valence-corrected chi connectivity index (χ0v) is 7.40. The maximum atomic E-state index is 7.13. The first-order chi connectivity index (χ1) is 4.66. The molecule has 0 rings (SSSR count). The molecule has 0 aliphatic carbocycles. The highest BCUT2D eigenvalue weighted by Crippen LogP contribution is 1.93. The molecule has 0 aliphatic heterocycles. The van der Waals surface area contributed by atoms with Gasteiger partial charge in [-0.1, -0.05) is 11.8 Å². The maximum absolute atomic E-state index is 7.13. The Kier molecular flexibility index (Phi) is 5.25. The van der Waals surface area contributed by atoms with Gasteiger partial charge in [-0.25, -0.2) is 4.99 Å². The van der Waals surface area contributed by atoms with Gasteiger partial charge in [0, 0.05) is 12.8 Å². The summed E-state index contributed by atoms with van der Waals surface area (Å²) >= 11 is 1.34. The van der Waals surface area contributed by atoms with Gasteiger partial charge in [0.25, 0.3) is 0 Å². The van der Waals surface area contributed by atoms with Gasteiger partial charge in [0.05, 0.1) is 0 Å². The highest BCUT2D eigenvalue weighted by atomic mass is 32.2. The van der Waals surface area contributed by atoms with E-state index in [2.05, 4.69) is 4.99 Å². The Morgan fingerprint density at radius 2 is 2.30 bits per heavy atom. The number of hydrogen-bond acceptors (Lipinski definition) is 3. The normalized spacial score (nSPS) is 11.2. The fourth-order valence-electron chi connectivity index (χ4n) is 0.340. The molecule has 58 valence electrons. The maximum Gasteiger partial charge on any atom is 0.179 e. The van der Waals surface area contributed by atoms with Crippen LogP contribution in [0.3, 0.4) is 0 Å². The van der Waals surface area contributed by atoms with Gasteiger partial charge in [-0.3, -0.25) is 5.41 Å². The molecule has 0 aromatic heterocycles. The van der Waals surface area contributed by atoms with Crippen LogP contribution in [0.25, 0.3) is 0 Å². The van der Waals surface area contributed by atoms with Gasteiger partial charge >= 0.3 is 0 Å². The van der Waals surface area contributed by atoms with Crippen LogP contribution in [0, 0.1) is 5.41 Å². The molecule has 0 spiro atoms. The molecule has 0 fully saturated rings. The SMILES string of the molecule is CSC(=N)N=CCN(C)C. The second-order valence-corrected chi connectivity index (χ2v) is 2.88. The predicted molar refractivity (Wildman–Crippen MR) is 48.3 cm³/mol. The number of thioether (sulfide) groups is 1. The molecule has 0 aliphatic rings. The number of aliphatic imine (C=N–C) groups is 1. The van der Waals surface area contributed by atoms with E-state index in [0.717, 1.165) is 6.54 Å². The van der Waals surface area contributed by atoms with Crippen molar-refractivity contribution >= 4 is 23.1 Å². The van der Waals surface area contributed by atoms with Crippen molar-refractivity contribution in [3.63, 3.8) is 0 Å². The van der Waals surface area contributed by atoms with E-state index in [-0.39, 0.29) is 0 Å². The Hall–Kier alpha value is -0.350. The molecule has 0 aromatic rings. The molecular weight excluding hydrogens is 146 g/mol. The monoisotopic (exact) mass is 159 g/mol. The van der Waals surface area contributed by atoms with Crippen molar-refractivity contribution in [1.29, 1.82) is 5.41 Å². The lowest BCUT2D eigenvalue weighted by Gasteiger charge is -2.02. The van der Waals surface area contributed by atoms with E-state index in [1.54, 1.807) is 6.21 Å². The first kappa shape index (κ1) is 9.65. The van der Waals surface area contributed by atoms with Gasteiger partial charge in [0.2, 0.25) is 0 Å². The quantitative estimate of drug-likeness (QED) is 0.480. The second-order valence-electron chi connectivity index (χ2n) is 2.08. The molecule has 0 amide bonds. The Morgan fingerprint density at radius 3 is 2.70 bits per heavy atom. The van der Waals surface area contributed by atoms with E-state index in [4.69, 9.17) is 5.41 Å². The van der Waals surface area contributed by atoms with Gasteiger partial charge in [-0.2, -0.15) is 0 Å². The van der Waals surface area contributed by atoms with E-state index in [1.165, 1.54) is 11.8 Å². The van der Waals surface area contributed by atoms with Crippen LogP contribution >= 0.6 is 11.8 Å². The van der Waals surface area contributed by atoms with Gasteiger partial charge in [-0.05, 0) is 20.4 Å². The van der Waals surface area contributed by atoms with Crippen LogP contribution in [0.5, 0.6) is 0 Å². The summed E-state index contributed by atoms with van der Waals surface area (Å²) in [6.45, 7) is 0.795. The lowest BCUT2D eigenvalue weighted by Crippen LogP contribution is -2.14. The highest BCUT2D eigenvalue weighted by molar-refractivity contribution is 8.13. The van der Waals surface area contributed by atoms with Crippen LogP contribution in [0.1, 0.15) is 0 Å². The average Bonchev–Trinajstić information content (AvgIpc) is 1.87. The zero-order chi connectivity index (χ0) is 7.98. The Bertz CT molecular complexity index is 131. The second kappa shape index (κ2) is 5.44. The topological polar surface area (TPSA) is 39.5 Å². The lowest BCUT2D eigenvalue weighted by atomic mass is 10.6. The highest BCUT2D eigenvalue weighted by Gasteiger charge is 1.86. The van der Waals surface area contributed by atoms with Crippen molar-refractivity contribution in [3.8, 4) is 0 Å². The summed E-state index contributed by atoms with van der Waals surface area (Å²) in [6, 6.07) is 0. The summed E-state index contributed by atoms with van der Waals surface area (Å²) in [5, 5.41) is 7.49. The van der Waals surface area contributed by atoms with Crippen LogP contribution in [-0.4, -0.2) is 43.2 Å². The van der Waals surface area contributed by atoms with Crippen LogP contribution in [0.4, 0.5) is 0 Å². The van der Waals surface area contributed by atoms with Crippen LogP contribution in [0.2, 0.25) is 0 Å². The molecule has 1 N–H and O–H groups in total. The van der Waals surface area contributed by atoms with Gasteiger partial charge < -0.3 is 4.90 Å². The smallest absolute Gasteiger partial charge is 0.179 e. The number of rotatable bonds is 2. The molecule has 4 heteroatoms. The van der Waals surface area contributed by atoms with Crippen molar-refractivity contribution in [2.24, 2.45) is 4.99 Å². The lowest BCUT2D eigenvalue weighted by molar-refractivity contribution is 0.474. The van der Waals surface area contributed by atoms with Gasteiger partial charge in [0.15, 0.2) is 5.17 Å². The van der Waals surface area contributed by atoms with E-state index in [0.29, 0.717) is 5.17 Å². The molecule has 0 radical (unpaired) electrons. The number of amidine groups is 1. The van der Waals surface area contributed by atoms with Gasteiger partial charge in [-0.15, -0.1) is 0 Å². The Morgan fingerprint density at radius 1 is 1.70 bits per heavy atom. The summed E-state index contributed by atoms with van der Waals surface area (Å²) in [5.74, 6) is 0. The fourth-order valence-corrected chi connectivity index (χ4v) is 0.520. The first-order valence-electron chi connectivity index (χ1n) is 2.96.